The van der Waals surface area contributed by atoms with E-state index in [2.05, 4.69) is 5.32 Å². The summed E-state index contributed by atoms with van der Waals surface area (Å²) in [7, 11) is 0. The molecular formula is C24H27N3O3S2. The second kappa shape index (κ2) is 8.57. The number of carbonyl (C=O) groups is 3. The van der Waals surface area contributed by atoms with E-state index in [4.69, 9.17) is 5.73 Å². The van der Waals surface area contributed by atoms with Crippen molar-refractivity contribution in [2.45, 2.75) is 54.3 Å². The van der Waals surface area contributed by atoms with Gasteiger partial charge in [0.25, 0.3) is 5.91 Å². The maximum Gasteiger partial charge on any atom is 0.252 e. The summed E-state index contributed by atoms with van der Waals surface area (Å²) in [5, 5.41) is 2.53. The van der Waals surface area contributed by atoms with Crippen LogP contribution in [-0.2, 0) is 20.1 Å². The van der Waals surface area contributed by atoms with Crippen LogP contribution in [0.1, 0.15) is 37.9 Å². The first-order valence-corrected chi connectivity index (χ1v) is 12.4. The van der Waals surface area contributed by atoms with Gasteiger partial charge in [-0.05, 0) is 31.9 Å². The van der Waals surface area contributed by atoms with Gasteiger partial charge in [0.05, 0.1) is 0 Å². The lowest BCUT2D eigenvalue weighted by molar-refractivity contribution is -0.161. The minimum atomic E-state index is -1.09. The predicted molar refractivity (Wildman–Crippen MR) is 129 cm³/mol. The summed E-state index contributed by atoms with van der Waals surface area (Å²) in [6.07, 6.45) is 0. The Balaban J connectivity index is 1.46. The van der Waals surface area contributed by atoms with Crippen molar-refractivity contribution < 1.29 is 14.4 Å². The zero-order chi connectivity index (χ0) is 23.1. The maximum absolute atomic E-state index is 13.2. The van der Waals surface area contributed by atoms with Gasteiger partial charge < -0.3 is 16.0 Å². The van der Waals surface area contributed by atoms with Crippen molar-refractivity contribution in [1.29, 1.82) is 0 Å². The second-order valence-corrected chi connectivity index (χ2v) is 11.6. The Morgan fingerprint density at radius 3 is 2.31 bits per heavy atom. The number of carbonyl (C=O) groups excluding carboxylic acids is 3. The molecule has 0 bridgehead atoms. The van der Waals surface area contributed by atoms with E-state index < -0.39 is 28.3 Å². The van der Waals surface area contributed by atoms with Gasteiger partial charge >= 0.3 is 0 Å². The number of hydrogen-bond donors (Lipinski definition) is 2. The Labute approximate surface area is 196 Å². The summed E-state index contributed by atoms with van der Waals surface area (Å²) >= 11 is 2.78. The fourth-order valence-electron chi connectivity index (χ4n) is 4.27. The Morgan fingerprint density at radius 2 is 1.69 bits per heavy atom. The SMILES string of the molecule is CC1(C)S[C@H]2N(C(=O)[C@@]2(C)NC(=O)C(N)c2ccccc2)[C@H]1C(=O)SCc1ccccc1. The van der Waals surface area contributed by atoms with Crippen LogP contribution in [0, 0.1) is 0 Å². The van der Waals surface area contributed by atoms with Crippen molar-refractivity contribution in [2.75, 3.05) is 0 Å². The number of nitrogens with two attached hydrogens (primary N) is 1. The molecule has 0 aliphatic carbocycles. The van der Waals surface area contributed by atoms with Gasteiger partial charge in [-0.15, -0.1) is 11.8 Å². The van der Waals surface area contributed by atoms with E-state index in [1.165, 1.54) is 11.8 Å². The molecule has 2 fully saturated rings. The number of thioether (sulfide) groups is 2. The molecular weight excluding hydrogens is 442 g/mol. The average Bonchev–Trinajstić information content (AvgIpc) is 3.07. The largest absolute Gasteiger partial charge is 0.338 e. The maximum atomic E-state index is 13.2. The van der Waals surface area contributed by atoms with E-state index in [9.17, 15) is 14.4 Å². The van der Waals surface area contributed by atoms with Crippen LogP contribution >= 0.6 is 23.5 Å². The van der Waals surface area contributed by atoms with E-state index in [1.807, 2.05) is 62.4 Å². The number of amides is 2. The first-order valence-electron chi connectivity index (χ1n) is 10.5. The zero-order valence-electron chi connectivity index (χ0n) is 18.3. The molecule has 2 heterocycles. The highest BCUT2D eigenvalue weighted by atomic mass is 32.2. The molecule has 2 aliphatic rings. The number of hydrogen-bond acceptors (Lipinski definition) is 6. The summed E-state index contributed by atoms with van der Waals surface area (Å²) in [5.74, 6) is -0.0880. The van der Waals surface area contributed by atoms with Crippen LogP contribution in [0.25, 0.3) is 0 Å². The van der Waals surface area contributed by atoms with Crippen molar-refractivity contribution in [1.82, 2.24) is 10.2 Å². The number of nitrogens with one attached hydrogen (secondary N) is 1. The van der Waals surface area contributed by atoms with E-state index in [1.54, 1.807) is 35.7 Å². The highest BCUT2D eigenvalue weighted by Gasteiger charge is 2.69. The number of rotatable bonds is 6. The van der Waals surface area contributed by atoms with Crippen molar-refractivity contribution in [3.8, 4) is 0 Å². The van der Waals surface area contributed by atoms with Crippen molar-refractivity contribution in [2.24, 2.45) is 5.73 Å². The van der Waals surface area contributed by atoms with Crippen molar-refractivity contribution in [3.63, 3.8) is 0 Å². The Bertz CT molecular complexity index is 1030. The van der Waals surface area contributed by atoms with Crippen molar-refractivity contribution in [3.05, 3.63) is 71.8 Å². The molecule has 2 aliphatic heterocycles. The van der Waals surface area contributed by atoms with Crippen LogP contribution in [0.15, 0.2) is 60.7 Å². The normalized spacial score (nSPS) is 26.8. The van der Waals surface area contributed by atoms with Gasteiger partial charge in [0, 0.05) is 10.5 Å². The molecule has 2 aromatic carbocycles. The van der Waals surface area contributed by atoms with Gasteiger partial charge in [-0.25, -0.2) is 0 Å². The molecule has 0 spiro atoms. The topological polar surface area (TPSA) is 92.5 Å². The third-order valence-electron chi connectivity index (χ3n) is 6.05. The minimum Gasteiger partial charge on any atom is -0.338 e. The van der Waals surface area contributed by atoms with Gasteiger partial charge in [-0.2, -0.15) is 0 Å². The first kappa shape index (κ1) is 22.9. The molecule has 0 aromatic heterocycles. The molecule has 2 saturated heterocycles. The molecule has 3 N–H and O–H groups in total. The quantitative estimate of drug-likeness (QED) is 0.632. The van der Waals surface area contributed by atoms with Gasteiger partial charge in [0.2, 0.25) is 11.0 Å². The summed E-state index contributed by atoms with van der Waals surface area (Å²) in [6.45, 7) is 5.68. The lowest BCUT2D eigenvalue weighted by Gasteiger charge is -2.52. The third-order valence-corrected chi connectivity index (χ3v) is 8.79. The molecule has 6 nitrogen and oxygen atoms in total. The Hall–Kier alpha value is -2.29. The number of fused-ring (bicyclic) bond motifs is 1. The summed E-state index contributed by atoms with van der Waals surface area (Å²) in [5.41, 5.74) is 6.78. The summed E-state index contributed by atoms with van der Waals surface area (Å²) in [4.78, 5) is 40.8. The fraction of sp³-hybridized carbons (Fsp3) is 0.375. The van der Waals surface area contributed by atoms with Crippen molar-refractivity contribution >= 4 is 40.5 Å². The average molecular weight is 470 g/mol. The minimum absolute atomic E-state index is 0.0310. The van der Waals surface area contributed by atoms with Crippen LogP contribution in [0.3, 0.4) is 0 Å². The van der Waals surface area contributed by atoms with Crippen LogP contribution in [0.2, 0.25) is 0 Å². The second-order valence-electron chi connectivity index (χ2n) is 8.86. The molecule has 0 radical (unpaired) electrons. The Morgan fingerprint density at radius 1 is 1.09 bits per heavy atom. The van der Waals surface area contributed by atoms with Gasteiger partial charge in [-0.1, -0.05) is 72.4 Å². The van der Waals surface area contributed by atoms with Gasteiger partial charge in [-0.3, -0.25) is 14.4 Å². The summed E-state index contributed by atoms with van der Waals surface area (Å²) in [6, 6.07) is 17.4. The molecule has 8 heteroatoms. The molecule has 32 heavy (non-hydrogen) atoms. The lowest BCUT2D eigenvalue weighted by atomic mass is 9.86. The predicted octanol–water partition coefficient (Wildman–Crippen LogP) is 3.08. The van der Waals surface area contributed by atoms with E-state index in [0.29, 0.717) is 11.3 Å². The number of nitrogens with zero attached hydrogens (tertiary/aromatic N) is 1. The molecule has 2 aromatic rings. The molecule has 1 unspecified atom stereocenters. The Kier molecular flexibility index (Phi) is 6.13. The summed E-state index contributed by atoms with van der Waals surface area (Å²) < 4.78 is -0.467. The number of benzene rings is 2. The van der Waals surface area contributed by atoms with Gasteiger partial charge in [0.15, 0.2) is 0 Å². The van der Waals surface area contributed by atoms with E-state index in [0.717, 1.165) is 5.56 Å². The molecule has 4 rings (SSSR count). The fourth-order valence-corrected chi connectivity index (χ4v) is 7.07. The van der Waals surface area contributed by atoms with Crippen LogP contribution < -0.4 is 11.1 Å². The lowest BCUT2D eigenvalue weighted by Crippen LogP contribution is -2.78. The standard InChI is InChI=1S/C24H27N3O3S2/c1-23(2)18(20(29)31-14-15-10-6-4-7-11-15)27-21(30)24(3,22(27)32-23)26-19(28)17(25)16-12-8-5-9-13-16/h4-13,17-18,22H,14,25H2,1-3H3,(H,26,28)/t17?,18-,22+,24+/m0/s1. The highest BCUT2D eigenvalue weighted by Crippen LogP contribution is 2.55. The van der Waals surface area contributed by atoms with Crippen LogP contribution in [0.5, 0.6) is 0 Å². The zero-order valence-corrected chi connectivity index (χ0v) is 19.9. The monoisotopic (exact) mass is 469 g/mol. The smallest absolute Gasteiger partial charge is 0.252 e. The molecule has 2 amide bonds. The third kappa shape index (κ3) is 3.95. The van der Waals surface area contributed by atoms with E-state index in [-0.39, 0.29) is 16.4 Å². The van der Waals surface area contributed by atoms with Crippen LogP contribution in [-0.4, -0.2) is 43.5 Å². The highest BCUT2D eigenvalue weighted by molar-refractivity contribution is 8.13. The number of β-lactam (4-membered cyclic amide) rings is 1. The first-order chi connectivity index (χ1) is 15.1. The van der Waals surface area contributed by atoms with Crippen LogP contribution in [0.4, 0.5) is 0 Å². The van der Waals surface area contributed by atoms with E-state index >= 15 is 0 Å². The molecule has 4 atom stereocenters. The molecule has 0 saturated carbocycles. The van der Waals surface area contributed by atoms with Gasteiger partial charge in [0.1, 0.15) is 23.0 Å². The molecule has 168 valence electrons.